The van der Waals surface area contributed by atoms with E-state index in [2.05, 4.69) is 18.8 Å². The van der Waals surface area contributed by atoms with Gasteiger partial charge in [-0.05, 0) is 77.7 Å². The summed E-state index contributed by atoms with van der Waals surface area (Å²) in [5.74, 6) is 3.20. The van der Waals surface area contributed by atoms with Crippen molar-refractivity contribution in [2.45, 2.75) is 32.6 Å². The first-order chi connectivity index (χ1) is 15.9. The Bertz CT molecular complexity index is 1380. The van der Waals surface area contributed by atoms with Crippen molar-refractivity contribution in [1.82, 2.24) is 0 Å². The maximum absolute atomic E-state index is 14.6. The summed E-state index contributed by atoms with van der Waals surface area (Å²) in [7, 11) is 0. The van der Waals surface area contributed by atoms with E-state index in [1.807, 2.05) is 6.07 Å². The fraction of sp³-hybridized carbons (Fsp3) is 0.172. The molecule has 166 valence electrons. The van der Waals surface area contributed by atoms with Gasteiger partial charge in [-0.1, -0.05) is 55.5 Å². The number of halogens is 4. The Morgan fingerprint density at radius 2 is 1.39 bits per heavy atom. The average Bonchev–Trinajstić information content (AvgIpc) is 2.80. The van der Waals surface area contributed by atoms with Crippen LogP contribution in [0.25, 0.3) is 10.8 Å². The van der Waals surface area contributed by atoms with Gasteiger partial charge in [-0.2, -0.15) is 0 Å². The second-order valence-corrected chi connectivity index (χ2v) is 8.04. The molecule has 33 heavy (non-hydrogen) atoms. The van der Waals surface area contributed by atoms with Crippen LogP contribution in [0.4, 0.5) is 17.6 Å². The van der Waals surface area contributed by atoms with E-state index in [4.69, 9.17) is 0 Å². The SMILES string of the molecule is CCCc1ccc(CCc2ccc(C#Cc3ccc4c(F)c(F)ccc4c3)c(F)c2)c(F)c1. The molecular weight excluding hydrogens is 424 g/mol. The van der Waals surface area contributed by atoms with Crippen molar-refractivity contribution in [3.05, 3.63) is 118 Å². The normalized spacial score (nSPS) is 10.8. The third-order valence-electron chi connectivity index (χ3n) is 5.62. The molecule has 0 aromatic heterocycles. The minimum atomic E-state index is -0.903. The van der Waals surface area contributed by atoms with Crippen LogP contribution in [0.15, 0.2) is 66.7 Å². The number of hydrogen-bond acceptors (Lipinski definition) is 0. The molecule has 4 aromatic carbocycles. The third-order valence-corrected chi connectivity index (χ3v) is 5.62. The first-order valence-corrected chi connectivity index (χ1v) is 10.9. The quantitative estimate of drug-likeness (QED) is 0.220. The molecule has 0 aliphatic carbocycles. The van der Waals surface area contributed by atoms with E-state index < -0.39 is 17.5 Å². The standard InChI is InChI=1S/C29H22F4/c1-2-3-19-4-9-22(27(31)17-19)11-6-21-7-12-23(28(32)18-21)10-5-20-8-14-25-24(16-20)13-15-26(30)29(25)33/h4,7-9,12-18H,2-3,6,11H2,1H3. The zero-order valence-electron chi connectivity index (χ0n) is 18.2. The van der Waals surface area contributed by atoms with E-state index in [9.17, 15) is 17.6 Å². The van der Waals surface area contributed by atoms with Gasteiger partial charge in [0, 0.05) is 10.9 Å². The Hall–Kier alpha value is -3.58. The molecule has 0 atom stereocenters. The lowest BCUT2D eigenvalue weighted by Gasteiger charge is -2.07. The smallest absolute Gasteiger partial charge is 0.166 e. The van der Waals surface area contributed by atoms with E-state index in [1.165, 1.54) is 18.2 Å². The summed E-state index contributed by atoms with van der Waals surface area (Å²) in [6, 6.07) is 17.4. The van der Waals surface area contributed by atoms with Crippen molar-refractivity contribution in [2.24, 2.45) is 0 Å². The van der Waals surface area contributed by atoms with E-state index in [0.29, 0.717) is 29.4 Å². The van der Waals surface area contributed by atoms with Gasteiger partial charge < -0.3 is 0 Å². The van der Waals surface area contributed by atoms with Crippen molar-refractivity contribution < 1.29 is 17.6 Å². The van der Waals surface area contributed by atoms with Gasteiger partial charge >= 0.3 is 0 Å². The fourth-order valence-electron chi connectivity index (χ4n) is 3.81. The van der Waals surface area contributed by atoms with Crippen LogP contribution < -0.4 is 0 Å². The topological polar surface area (TPSA) is 0 Å². The van der Waals surface area contributed by atoms with Crippen molar-refractivity contribution in [1.29, 1.82) is 0 Å². The second-order valence-electron chi connectivity index (χ2n) is 8.04. The van der Waals surface area contributed by atoms with E-state index in [1.54, 1.807) is 36.4 Å². The summed E-state index contributed by atoms with van der Waals surface area (Å²) in [5, 5.41) is 0.694. The summed E-state index contributed by atoms with van der Waals surface area (Å²) in [5.41, 5.74) is 3.17. The van der Waals surface area contributed by atoms with Crippen molar-refractivity contribution in [2.75, 3.05) is 0 Å². The van der Waals surface area contributed by atoms with Gasteiger partial charge in [-0.25, -0.2) is 17.6 Å². The van der Waals surface area contributed by atoms with Gasteiger partial charge in [0.05, 0.1) is 5.56 Å². The van der Waals surface area contributed by atoms with Crippen molar-refractivity contribution in [3.63, 3.8) is 0 Å². The molecule has 0 bridgehead atoms. The number of hydrogen-bond donors (Lipinski definition) is 0. The molecule has 0 aliphatic rings. The minimum absolute atomic E-state index is 0.174. The van der Waals surface area contributed by atoms with Crippen LogP contribution in [0, 0.1) is 35.1 Å². The Balaban J connectivity index is 1.47. The van der Waals surface area contributed by atoms with Crippen LogP contribution in [0.1, 0.15) is 41.2 Å². The molecular formula is C29H22F4. The zero-order valence-corrected chi connectivity index (χ0v) is 18.2. The molecule has 4 heteroatoms. The molecule has 0 unspecified atom stereocenters. The highest BCUT2D eigenvalue weighted by molar-refractivity contribution is 5.84. The number of benzene rings is 4. The maximum Gasteiger partial charge on any atom is 0.166 e. The number of fused-ring (bicyclic) bond motifs is 1. The molecule has 0 saturated carbocycles. The molecule has 0 saturated heterocycles. The molecule has 0 heterocycles. The highest BCUT2D eigenvalue weighted by atomic mass is 19.2. The first kappa shape index (κ1) is 22.6. The maximum atomic E-state index is 14.6. The summed E-state index contributed by atoms with van der Waals surface area (Å²) < 4.78 is 56.0. The molecule has 0 amide bonds. The fourth-order valence-corrected chi connectivity index (χ4v) is 3.81. The molecule has 0 spiro atoms. The van der Waals surface area contributed by atoms with E-state index >= 15 is 0 Å². The van der Waals surface area contributed by atoms with Gasteiger partial charge in [0.25, 0.3) is 0 Å². The monoisotopic (exact) mass is 446 g/mol. The lowest BCUT2D eigenvalue weighted by molar-refractivity contribution is 0.517. The Labute approximate surface area is 190 Å². The molecule has 0 aliphatic heterocycles. The molecule has 0 nitrogen and oxygen atoms in total. The zero-order chi connectivity index (χ0) is 23.4. The molecule has 0 N–H and O–H groups in total. The molecule has 0 radical (unpaired) electrons. The van der Waals surface area contributed by atoms with Crippen LogP contribution >= 0.6 is 0 Å². The van der Waals surface area contributed by atoms with Crippen LogP contribution in [-0.2, 0) is 19.3 Å². The number of aryl methyl sites for hydroxylation is 3. The first-order valence-electron chi connectivity index (χ1n) is 10.9. The Morgan fingerprint density at radius 3 is 2.15 bits per heavy atom. The second kappa shape index (κ2) is 9.92. The van der Waals surface area contributed by atoms with Crippen molar-refractivity contribution >= 4 is 10.8 Å². The van der Waals surface area contributed by atoms with Gasteiger partial charge in [-0.15, -0.1) is 0 Å². The van der Waals surface area contributed by atoms with E-state index in [0.717, 1.165) is 30.0 Å². The summed E-state index contributed by atoms with van der Waals surface area (Å²) in [4.78, 5) is 0. The highest BCUT2D eigenvalue weighted by Gasteiger charge is 2.08. The van der Waals surface area contributed by atoms with Crippen molar-refractivity contribution in [3.8, 4) is 11.8 Å². The van der Waals surface area contributed by atoms with Crippen LogP contribution in [0.2, 0.25) is 0 Å². The summed E-state index contributed by atoms with van der Waals surface area (Å²) in [6.07, 6.45) is 2.81. The lowest BCUT2D eigenvalue weighted by Crippen LogP contribution is -1.98. The van der Waals surface area contributed by atoms with Gasteiger partial charge in [0.1, 0.15) is 11.6 Å². The summed E-state index contributed by atoms with van der Waals surface area (Å²) >= 11 is 0. The Kier molecular flexibility index (Phi) is 6.79. The predicted octanol–water partition coefficient (Wildman–Crippen LogP) is 7.53. The molecule has 4 rings (SSSR count). The third kappa shape index (κ3) is 5.26. The van der Waals surface area contributed by atoms with Crippen LogP contribution in [-0.4, -0.2) is 0 Å². The minimum Gasteiger partial charge on any atom is -0.207 e. The Morgan fingerprint density at radius 1 is 0.636 bits per heavy atom. The highest BCUT2D eigenvalue weighted by Crippen LogP contribution is 2.22. The predicted molar refractivity (Wildman–Crippen MR) is 124 cm³/mol. The summed E-state index contributed by atoms with van der Waals surface area (Å²) in [6.45, 7) is 2.06. The molecule has 4 aromatic rings. The van der Waals surface area contributed by atoms with Crippen LogP contribution in [0.3, 0.4) is 0 Å². The average molecular weight is 446 g/mol. The molecule has 0 fully saturated rings. The van der Waals surface area contributed by atoms with Crippen LogP contribution in [0.5, 0.6) is 0 Å². The largest absolute Gasteiger partial charge is 0.207 e. The van der Waals surface area contributed by atoms with Gasteiger partial charge in [0.2, 0.25) is 0 Å². The van der Waals surface area contributed by atoms with Gasteiger partial charge in [0.15, 0.2) is 11.6 Å². The number of rotatable bonds is 5. The lowest BCUT2D eigenvalue weighted by atomic mass is 10.0. The van der Waals surface area contributed by atoms with E-state index in [-0.39, 0.29) is 16.8 Å². The van der Waals surface area contributed by atoms with Gasteiger partial charge in [-0.3, -0.25) is 0 Å².